The third-order valence-corrected chi connectivity index (χ3v) is 5.63. The van der Waals surface area contributed by atoms with Crippen molar-refractivity contribution in [3.63, 3.8) is 0 Å². The number of sulfonamides is 1. The van der Waals surface area contributed by atoms with Gasteiger partial charge in [0, 0.05) is 17.8 Å². The molecule has 0 bridgehead atoms. The van der Waals surface area contributed by atoms with E-state index in [-0.39, 0.29) is 23.3 Å². The second kappa shape index (κ2) is 9.38. The Bertz CT molecular complexity index is 1110. The Morgan fingerprint density at radius 3 is 2.17 bits per heavy atom. The number of carbonyl (C=O) groups is 2. The number of hydrogen-bond donors (Lipinski definition) is 3. The second-order valence-electron chi connectivity index (χ2n) is 6.47. The predicted molar refractivity (Wildman–Crippen MR) is 112 cm³/mol. The summed E-state index contributed by atoms with van der Waals surface area (Å²) in [5.41, 5.74) is 2.49. The van der Waals surface area contributed by atoms with Crippen molar-refractivity contribution in [1.82, 2.24) is 10.0 Å². The lowest BCUT2D eigenvalue weighted by Gasteiger charge is -2.08. The van der Waals surface area contributed by atoms with Gasteiger partial charge in [-0.15, -0.1) is 0 Å². The molecule has 1 aromatic heterocycles. The first-order valence-electron chi connectivity index (χ1n) is 9.08. The lowest BCUT2D eigenvalue weighted by atomic mass is 10.1. The molecule has 3 N–H and O–H groups in total. The fourth-order valence-electron chi connectivity index (χ4n) is 2.63. The molecule has 0 aliphatic heterocycles. The van der Waals surface area contributed by atoms with Gasteiger partial charge in [-0.3, -0.25) is 9.59 Å². The number of benzene rings is 2. The Kier molecular flexibility index (Phi) is 6.65. The molecule has 0 fully saturated rings. The van der Waals surface area contributed by atoms with Gasteiger partial charge in [0.05, 0.1) is 12.0 Å². The van der Waals surface area contributed by atoms with Gasteiger partial charge in [-0.25, -0.2) is 13.1 Å². The number of carbonyl (C=O) groups excluding carboxylic acids is 2. The van der Waals surface area contributed by atoms with Crippen molar-refractivity contribution in [3.05, 3.63) is 89.4 Å². The highest BCUT2D eigenvalue weighted by molar-refractivity contribution is 7.88. The summed E-state index contributed by atoms with van der Waals surface area (Å²) in [5.74, 6) is -0.533. The topological polar surface area (TPSA) is 118 Å². The Morgan fingerprint density at radius 2 is 1.57 bits per heavy atom. The van der Waals surface area contributed by atoms with E-state index in [1.807, 2.05) is 0 Å². The van der Waals surface area contributed by atoms with Crippen LogP contribution in [0.3, 0.4) is 0 Å². The zero-order chi connectivity index (χ0) is 21.6. The van der Waals surface area contributed by atoms with Crippen molar-refractivity contribution in [1.29, 1.82) is 0 Å². The van der Waals surface area contributed by atoms with E-state index < -0.39 is 10.0 Å². The Morgan fingerprint density at radius 1 is 0.900 bits per heavy atom. The molecule has 0 saturated heterocycles. The average Bonchev–Trinajstić information content (AvgIpc) is 3.28. The summed E-state index contributed by atoms with van der Waals surface area (Å²) in [6.45, 7) is 0.300. The molecule has 0 aliphatic rings. The van der Waals surface area contributed by atoms with Crippen molar-refractivity contribution < 1.29 is 22.4 Å². The third kappa shape index (κ3) is 5.79. The van der Waals surface area contributed by atoms with Crippen LogP contribution in [0.1, 0.15) is 32.0 Å². The van der Waals surface area contributed by atoms with Gasteiger partial charge in [-0.1, -0.05) is 24.3 Å². The van der Waals surface area contributed by atoms with Crippen molar-refractivity contribution in [2.24, 2.45) is 0 Å². The zero-order valence-corrected chi connectivity index (χ0v) is 17.0. The fourth-order valence-corrected chi connectivity index (χ4v) is 3.41. The summed E-state index contributed by atoms with van der Waals surface area (Å²) in [6, 6.07) is 16.6. The molecule has 8 nitrogen and oxygen atoms in total. The van der Waals surface area contributed by atoms with E-state index >= 15 is 0 Å². The van der Waals surface area contributed by atoms with Crippen LogP contribution in [0.4, 0.5) is 5.69 Å². The molecule has 0 atom stereocenters. The van der Waals surface area contributed by atoms with E-state index in [9.17, 15) is 18.0 Å². The molecule has 2 aromatic carbocycles. The molecule has 0 radical (unpaired) electrons. The minimum absolute atomic E-state index is 0.0983. The smallest absolute Gasteiger partial charge is 0.291 e. The van der Waals surface area contributed by atoms with E-state index in [0.29, 0.717) is 23.4 Å². The van der Waals surface area contributed by atoms with E-state index in [1.165, 1.54) is 13.3 Å². The Balaban J connectivity index is 1.53. The van der Waals surface area contributed by atoms with Gasteiger partial charge < -0.3 is 15.1 Å². The third-order valence-electron chi connectivity index (χ3n) is 4.29. The Labute approximate surface area is 174 Å². The van der Waals surface area contributed by atoms with Gasteiger partial charge in [0.15, 0.2) is 5.76 Å². The van der Waals surface area contributed by atoms with Crippen LogP contribution in [-0.4, -0.2) is 27.3 Å². The van der Waals surface area contributed by atoms with E-state index in [4.69, 9.17) is 4.42 Å². The maximum absolute atomic E-state index is 12.3. The number of amides is 2. The molecular weight excluding hydrogens is 406 g/mol. The van der Waals surface area contributed by atoms with Gasteiger partial charge in [0.1, 0.15) is 0 Å². The first-order chi connectivity index (χ1) is 14.4. The molecule has 0 unspecified atom stereocenters. The molecule has 0 saturated carbocycles. The minimum Gasteiger partial charge on any atom is -0.459 e. The van der Waals surface area contributed by atoms with Crippen molar-refractivity contribution in [2.45, 2.75) is 12.3 Å². The molecule has 0 aliphatic carbocycles. The standard InChI is InChI=1S/C21H21N3O5S/c1-22-30(27,28)14-16-6-4-15(5-7-16)13-23-20(25)17-8-10-18(11-9-17)24-21(26)19-3-2-12-29-19/h2-12,22H,13-14H2,1H3,(H,23,25)(H,24,26). The highest BCUT2D eigenvalue weighted by Gasteiger charge is 2.11. The van der Waals surface area contributed by atoms with Gasteiger partial charge >= 0.3 is 0 Å². The molecule has 30 heavy (non-hydrogen) atoms. The summed E-state index contributed by atoms with van der Waals surface area (Å²) < 4.78 is 30.4. The molecule has 0 spiro atoms. The fraction of sp³-hybridized carbons (Fsp3) is 0.143. The molecular formula is C21H21N3O5S. The summed E-state index contributed by atoms with van der Waals surface area (Å²) in [7, 11) is -1.95. The number of nitrogens with one attached hydrogen (secondary N) is 3. The van der Waals surface area contributed by atoms with Crippen LogP contribution in [0.15, 0.2) is 71.3 Å². The van der Waals surface area contributed by atoms with Crippen LogP contribution in [0, 0.1) is 0 Å². The number of anilines is 1. The molecule has 1 heterocycles. The monoisotopic (exact) mass is 427 g/mol. The number of hydrogen-bond acceptors (Lipinski definition) is 5. The SMILES string of the molecule is CNS(=O)(=O)Cc1ccc(CNC(=O)c2ccc(NC(=O)c3ccco3)cc2)cc1. The summed E-state index contributed by atoms with van der Waals surface area (Å²) in [6.07, 6.45) is 1.42. The highest BCUT2D eigenvalue weighted by atomic mass is 32.2. The van der Waals surface area contributed by atoms with Crippen LogP contribution >= 0.6 is 0 Å². The van der Waals surface area contributed by atoms with Crippen molar-refractivity contribution >= 4 is 27.5 Å². The maximum atomic E-state index is 12.3. The first-order valence-corrected chi connectivity index (χ1v) is 10.7. The lowest BCUT2D eigenvalue weighted by molar-refractivity contribution is 0.0950. The average molecular weight is 427 g/mol. The summed E-state index contributed by atoms with van der Waals surface area (Å²) in [5, 5.41) is 5.49. The molecule has 2 amide bonds. The zero-order valence-electron chi connectivity index (χ0n) is 16.2. The van der Waals surface area contributed by atoms with Gasteiger partial charge in [0.25, 0.3) is 11.8 Å². The normalized spacial score (nSPS) is 11.1. The van der Waals surface area contributed by atoms with E-state index in [0.717, 1.165) is 5.56 Å². The van der Waals surface area contributed by atoms with Crippen LogP contribution in [0.25, 0.3) is 0 Å². The molecule has 9 heteroatoms. The Hall–Kier alpha value is -3.43. The molecule has 156 valence electrons. The quantitative estimate of drug-likeness (QED) is 0.511. The van der Waals surface area contributed by atoms with Gasteiger partial charge in [-0.05, 0) is 54.6 Å². The maximum Gasteiger partial charge on any atom is 0.291 e. The van der Waals surface area contributed by atoms with Crippen molar-refractivity contribution in [2.75, 3.05) is 12.4 Å². The van der Waals surface area contributed by atoms with Crippen molar-refractivity contribution in [3.8, 4) is 0 Å². The summed E-state index contributed by atoms with van der Waals surface area (Å²) >= 11 is 0. The summed E-state index contributed by atoms with van der Waals surface area (Å²) in [4.78, 5) is 24.3. The first kappa shape index (κ1) is 21.3. The highest BCUT2D eigenvalue weighted by Crippen LogP contribution is 2.12. The van der Waals surface area contributed by atoms with E-state index in [2.05, 4.69) is 15.4 Å². The number of furan rings is 1. The minimum atomic E-state index is -3.32. The largest absolute Gasteiger partial charge is 0.459 e. The van der Waals surface area contributed by atoms with E-state index in [1.54, 1.807) is 60.7 Å². The lowest BCUT2D eigenvalue weighted by Crippen LogP contribution is -2.23. The number of rotatable bonds is 8. The van der Waals surface area contributed by atoms with Crippen LogP contribution < -0.4 is 15.4 Å². The second-order valence-corrected chi connectivity index (χ2v) is 8.40. The predicted octanol–water partition coefficient (Wildman–Crippen LogP) is 2.51. The van der Waals surface area contributed by atoms with Crippen LogP contribution in [0.2, 0.25) is 0 Å². The van der Waals surface area contributed by atoms with Gasteiger partial charge in [-0.2, -0.15) is 0 Å². The van der Waals surface area contributed by atoms with Crippen LogP contribution in [0.5, 0.6) is 0 Å². The molecule has 3 rings (SSSR count). The van der Waals surface area contributed by atoms with Gasteiger partial charge in [0.2, 0.25) is 10.0 Å². The van der Waals surface area contributed by atoms with Crippen LogP contribution in [-0.2, 0) is 22.3 Å². The molecule has 3 aromatic rings.